The second kappa shape index (κ2) is 5.60. The Hall–Kier alpha value is -1.29. The Labute approximate surface area is 134 Å². The van der Waals surface area contributed by atoms with E-state index >= 15 is 0 Å². The molecule has 1 heterocycles. The number of halogens is 3. The second-order valence-corrected chi connectivity index (χ2v) is 5.81. The highest BCUT2D eigenvalue weighted by Crippen LogP contribution is 2.38. The molecule has 0 spiro atoms. The molecule has 0 amide bonds. The van der Waals surface area contributed by atoms with Gasteiger partial charge in [0, 0.05) is 15.5 Å². The molecule has 0 radical (unpaired) electrons. The highest BCUT2D eigenvalue weighted by atomic mass is 79.9. The number of anilines is 2. The lowest BCUT2D eigenvalue weighted by Crippen LogP contribution is -1.95. The third-order valence-electron chi connectivity index (χ3n) is 2.90. The maximum absolute atomic E-state index is 6.46. The van der Waals surface area contributed by atoms with Crippen LogP contribution in [0, 0.1) is 0 Å². The van der Waals surface area contributed by atoms with E-state index in [1.807, 2.05) is 48.5 Å². The molecule has 3 aromatic rings. The van der Waals surface area contributed by atoms with Gasteiger partial charge in [0.15, 0.2) is 5.15 Å². The molecule has 5 heteroatoms. The molecular formula is C15H9BrCl2N2. The number of hydrogen-bond acceptors (Lipinski definition) is 2. The van der Waals surface area contributed by atoms with Crippen LogP contribution in [0.2, 0.25) is 10.2 Å². The van der Waals surface area contributed by atoms with E-state index in [2.05, 4.69) is 26.2 Å². The van der Waals surface area contributed by atoms with Gasteiger partial charge in [-0.25, -0.2) is 4.98 Å². The molecule has 2 nitrogen and oxygen atoms in total. The summed E-state index contributed by atoms with van der Waals surface area (Å²) < 4.78 is 0.866. The van der Waals surface area contributed by atoms with Gasteiger partial charge in [-0.3, -0.25) is 0 Å². The number of aromatic nitrogens is 1. The van der Waals surface area contributed by atoms with Crippen molar-refractivity contribution in [2.45, 2.75) is 0 Å². The van der Waals surface area contributed by atoms with Crippen LogP contribution in [0.1, 0.15) is 0 Å². The fourth-order valence-corrected chi connectivity index (χ4v) is 2.98. The van der Waals surface area contributed by atoms with E-state index in [1.165, 1.54) is 0 Å². The van der Waals surface area contributed by atoms with Crippen LogP contribution in [0.4, 0.5) is 11.4 Å². The first kappa shape index (κ1) is 13.7. The van der Waals surface area contributed by atoms with Crippen molar-refractivity contribution < 1.29 is 0 Å². The molecule has 1 aromatic heterocycles. The molecule has 0 fully saturated rings. The number of para-hydroxylation sites is 2. The van der Waals surface area contributed by atoms with Crippen molar-refractivity contribution in [1.29, 1.82) is 0 Å². The lowest BCUT2D eigenvalue weighted by molar-refractivity contribution is 1.38. The van der Waals surface area contributed by atoms with Crippen LogP contribution in [-0.4, -0.2) is 4.98 Å². The predicted molar refractivity (Wildman–Crippen MR) is 89.2 cm³/mol. The zero-order chi connectivity index (χ0) is 14.1. The fourth-order valence-electron chi connectivity index (χ4n) is 1.96. The van der Waals surface area contributed by atoms with Crippen molar-refractivity contribution in [2.75, 3.05) is 5.32 Å². The zero-order valence-electron chi connectivity index (χ0n) is 10.2. The molecule has 0 unspecified atom stereocenters. The van der Waals surface area contributed by atoms with E-state index in [4.69, 9.17) is 23.2 Å². The molecule has 0 atom stereocenters. The molecule has 0 saturated carbocycles. The summed E-state index contributed by atoms with van der Waals surface area (Å²) in [5.74, 6) is 0. The van der Waals surface area contributed by atoms with E-state index in [9.17, 15) is 0 Å². The van der Waals surface area contributed by atoms with Crippen molar-refractivity contribution in [3.8, 4) is 0 Å². The Morgan fingerprint density at radius 1 is 0.950 bits per heavy atom. The van der Waals surface area contributed by atoms with Gasteiger partial charge in [-0.2, -0.15) is 0 Å². The van der Waals surface area contributed by atoms with Crippen molar-refractivity contribution in [3.63, 3.8) is 0 Å². The fraction of sp³-hybridized carbons (Fsp3) is 0. The molecule has 0 aliphatic rings. The Balaban J connectivity index is 2.17. The molecule has 2 aromatic carbocycles. The van der Waals surface area contributed by atoms with E-state index in [0.29, 0.717) is 15.9 Å². The minimum atomic E-state index is 0.346. The van der Waals surface area contributed by atoms with Gasteiger partial charge in [-0.15, -0.1) is 0 Å². The summed E-state index contributed by atoms with van der Waals surface area (Å²) >= 11 is 16.2. The highest BCUT2D eigenvalue weighted by Gasteiger charge is 2.14. The molecule has 0 bridgehead atoms. The van der Waals surface area contributed by atoms with Crippen molar-refractivity contribution in [2.24, 2.45) is 0 Å². The molecule has 0 saturated heterocycles. The van der Waals surface area contributed by atoms with E-state index in [1.54, 1.807) is 0 Å². The van der Waals surface area contributed by atoms with Gasteiger partial charge >= 0.3 is 0 Å². The average molecular weight is 368 g/mol. The van der Waals surface area contributed by atoms with Gasteiger partial charge in [0.05, 0.1) is 16.2 Å². The van der Waals surface area contributed by atoms with Gasteiger partial charge in [0.2, 0.25) is 0 Å². The third kappa shape index (κ3) is 2.49. The predicted octanol–water partition coefficient (Wildman–Crippen LogP) is 6.05. The second-order valence-electron chi connectivity index (χ2n) is 4.22. The minimum absolute atomic E-state index is 0.346. The number of hydrogen-bond donors (Lipinski definition) is 1. The van der Waals surface area contributed by atoms with E-state index in [-0.39, 0.29) is 0 Å². The smallest absolute Gasteiger partial charge is 0.154 e. The first-order chi connectivity index (χ1) is 9.66. The molecule has 20 heavy (non-hydrogen) atoms. The van der Waals surface area contributed by atoms with Gasteiger partial charge in [0.1, 0.15) is 0 Å². The summed E-state index contributed by atoms with van der Waals surface area (Å²) in [5, 5.41) is 4.97. The molecule has 0 aliphatic carbocycles. The quantitative estimate of drug-likeness (QED) is 0.558. The topological polar surface area (TPSA) is 24.9 Å². The Morgan fingerprint density at radius 3 is 2.45 bits per heavy atom. The Kier molecular flexibility index (Phi) is 3.83. The standard InChI is InChI=1S/C15H9BrCl2N2/c16-11-8-4-7-10-12(17)14(15(18)20-13(10)11)19-9-5-2-1-3-6-9/h1-8,19H. The van der Waals surface area contributed by atoms with Crippen molar-refractivity contribution >= 4 is 61.4 Å². The zero-order valence-corrected chi connectivity index (χ0v) is 13.3. The van der Waals surface area contributed by atoms with Gasteiger partial charge in [0.25, 0.3) is 0 Å². The van der Waals surface area contributed by atoms with Gasteiger partial charge in [-0.05, 0) is 34.1 Å². The Bertz CT molecular complexity index is 776. The van der Waals surface area contributed by atoms with Crippen LogP contribution >= 0.6 is 39.1 Å². The molecule has 0 aliphatic heterocycles. The minimum Gasteiger partial charge on any atom is -0.352 e. The summed E-state index contributed by atoms with van der Waals surface area (Å²) in [5.41, 5.74) is 2.28. The highest BCUT2D eigenvalue weighted by molar-refractivity contribution is 9.10. The Morgan fingerprint density at radius 2 is 1.70 bits per heavy atom. The van der Waals surface area contributed by atoms with Crippen LogP contribution in [0.3, 0.4) is 0 Å². The van der Waals surface area contributed by atoms with Crippen molar-refractivity contribution in [1.82, 2.24) is 4.98 Å². The number of rotatable bonds is 2. The van der Waals surface area contributed by atoms with Crippen LogP contribution in [0.5, 0.6) is 0 Å². The van der Waals surface area contributed by atoms with E-state index in [0.717, 1.165) is 21.1 Å². The summed E-state index contributed by atoms with van der Waals surface area (Å²) in [7, 11) is 0. The third-order valence-corrected chi connectivity index (χ3v) is 4.21. The summed E-state index contributed by atoms with van der Waals surface area (Å²) in [6, 6.07) is 15.5. The number of nitrogens with one attached hydrogen (secondary N) is 1. The van der Waals surface area contributed by atoms with Crippen molar-refractivity contribution in [3.05, 3.63) is 63.2 Å². The summed E-state index contributed by atoms with van der Waals surface area (Å²) in [6.07, 6.45) is 0. The SMILES string of the molecule is Clc1nc2c(Br)cccc2c(Cl)c1Nc1ccccc1. The molecule has 1 N–H and O–H groups in total. The van der Waals surface area contributed by atoms with Crippen LogP contribution in [0.15, 0.2) is 53.0 Å². The number of fused-ring (bicyclic) bond motifs is 1. The first-order valence-corrected chi connectivity index (χ1v) is 7.47. The largest absolute Gasteiger partial charge is 0.352 e. The van der Waals surface area contributed by atoms with Crippen LogP contribution in [-0.2, 0) is 0 Å². The monoisotopic (exact) mass is 366 g/mol. The van der Waals surface area contributed by atoms with Gasteiger partial charge in [-0.1, -0.05) is 53.5 Å². The lowest BCUT2D eigenvalue weighted by atomic mass is 10.2. The molecule has 3 rings (SSSR count). The molecule has 100 valence electrons. The number of pyridine rings is 1. The number of nitrogens with zero attached hydrogens (tertiary/aromatic N) is 1. The number of benzene rings is 2. The van der Waals surface area contributed by atoms with Crippen LogP contribution < -0.4 is 5.32 Å². The maximum atomic E-state index is 6.46. The first-order valence-electron chi connectivity index (χ1n) is 5.92. The van der Waals surface area contributed by atoms with E-state index < -0.39 is 0 Å². The maximum Gasteiger partial charge on any atom is 0.154 e. The summed E-state index contributed by atoms with van der Waals surface area (Å²) in [6.45, 7) is 0. The normalized spacial score (nSPS) is 10.8. The lowest BCUT2D eigenvalue weighted by Gasteiger charge is -2.12. The van der Waals surface area contributed by atoms with Crippen LogP contribution in [0.25, 0.3) is 10.9 Å². The summed E-state index contributed by atoms with van der Waals surface area (Å²) in [4.78, 5) is 4.40. The molecular weight excluding hydrogens is 359 g/mol. The average Bonchev–Trinajstić information content (AvgIpc) is 2.46. The van der Waals surface area contributed by atoms with Gasteiger partial charge < -0.3 is 5.32 Å².